The molecule has 8 nitrogen and oxygen atoms in total. The van der Waals surface area contributed by atoms with E-state index in [9.17, 15) is 25.2 Å². The van der Waals surface area contributed by atoms with Crippen LogP contribution < -0.4 is 5.32 Å². The highest BCUT2D eigenvalue weighted by Gasteiger charge is 2.52. The number of aliphatic hydroxyl groups excluding tert-OH is 3. The lowest BCUT2D eigenvalue weighted by Gasteiger charge is -2.44. The maximum Gasteiger partial charge on any atom is 0.364 e. The summed E-state index contributed by atoms with van der Waals surface area (Å²) in [7, 11) is 1.49. The lowest BCUT2D eigenvalue weighted by molar-refractivity contribution is -0.294. The third-order valence-corrected chi connectivity index (χ3v) is 3.08. The summed E-state index contributed by atoms with van der Waals surface area (Å²) in [4.78, 5) is 10.9. The van der Waals surface area contributed by atoms with Gasteiger partial charge in [0.1, 0.15) is 12.2 Å². The van der Waals surface area contributed by atoms with E-state index in [-0.39, 0.29) is 0 Å². The summed E-state index contributed by atoms with van der Waals surface area (Å²) in [5.74, 6) is -4.23. The van der Waals surface area contributed by atoms with E-state index >= 15 is 0 Å². The molecule has 1 aliphatic heterocycles. The van der Waals surface area contributed by atoms with Crippen LogP contribution in [-0.4, -0.2) is 74.8 Å². The summed E-state index contributed by atoms with van der Waals surface area (Å²) in [5, 5.41) is 50.1. The van der Waals surface area contributed by atoms with Crippen LogP contribution in [0.3, 0.4) is 0 Å². The van der Waals surface area contributed by atoms with Crippen molar-refractivity contribution in [2.45, 2.75) is 49.6 Å². The number of hydrogen-bond donors (Lipinski definition) is 6. The maximum absolute atomic E-state index is 10.9. The number of carboxylic acid groups (broad SMARTS) is 1. The van der Waals surface area contributed by atoms with Gasteiger partial charge in [-0.15, -0.1) is 0 Å². The maximum atomic E-state index is 10.9. The van der Waals surface area contributed by atoms with Crippen molar-refractivity contribution in [1.29, 1.82) is 0 Å². The van der Waals surface area contributed by atoms with E-state index < -0.39 is 48.6 Å². The molecule has 0 radical (unpaired) electrons. The van der Waals surface area contributed by atoms with Crippen LogP contribution in [0.2, 0.25) is 0 Å². The predicted molar refractivity (Wildman–Crippen MR) is 58.6 cm³/mol. The Labute approximate surface area is 104 Å². The van der Waals surface area contributed by atoms with E-state index in [2.05, 4.69) is 5.32 Å². The number of hydrogen-bond acceptors (Lipinski definition) is 7. The quantitative estimate of drug-likeness (QED) is 0.321. The zero-order chi connectivity index (χ0) is 14.1. The number of carboxylic acids is 1. The van der Waals surface area contributed by atoms with E-state index in [1.165, 1.54) is 14.0 Å². The van der Waals surface area contributed by atoms with E-state index in [0.717, 1.165) is 0 Å². The fourth-order valence-corrected chi connectivity index (χ4v) is 2.03. The van der Waals surface area contributed by atoms with Crippen molar-refractivity contribution >= 4 is 5.97 Å². The Morgan fingerprint density at radius 1 is 1.50 bits per heavy atom. The number of rotatable bonds is 4. The molecule has 6 N–H and O–H groups in total. The molecule has 0 aromatic carbocycles. The highest BCUT2D eigenvalue weighted by Crippen LogP contribution is 2.30. The number of likely N-dealkylation sites (N-methyl/N-ethyl adjacent to an activating group) is 1. The molecule has 0 amide bonds. The minimum atomic E-state index is -2.58. The van der Waals surface area contributed by atoms with Crippen LogP contribution in [-0.2, 0) is 9.53 Å². The molecule has 6 atom stereocenters. The normalized spacial score (nSPS) is 40.2. The number of carbonyl (C=O) groups is 1. The molecule has 0 aliphatic carbocycles. The van der Waals surface area contributed by atoms with Gasteiger partial charge < -0.3 is 35.6 Å². The number of ether oxygens (including phenoxy) is 1. The van der Waals surface area contributed by atoms with Gasteiger partial charge in [0.25, 0.3) is 5.79 Å². The van der Waals surface area contributed by atoms with Gasteiger partial charge in [-0.3, -0.25) is 0 Å². The van der Waals surface area contributed by atoms with Gasteiger partial charge in [0, 0.05) is 6.42 Å². The zero-order valence-corrected chi connectivity index (χ0v) is 10.1. The summed E-state index contributed by atoms with van der Waals surface area (Å²) < 4.78 is 4.96. The van der Waals surface area contributed by atoms with Crippen LogP contribution >= 0.6 is 0 Å². The third-order valence-electron chi connectivity index (χ3n) is 3.08. The molecule has 1 heterocycles. The van der Waals surface area contributed by atoms with Gasteiger partial charge in [-0.1, -0.05) is 0 Å². The van der Waals surface area contributed by atoms with Gasteiger partial charge >= 0.3 is 5.97 Å². The van der Waals surface area contributed by atoms with Gasteiger partial charge in [-0.25, -0.2) is 4.79 Å². The molecule has 1 rings (SSSR count). The van der Waals surface area contributed by atoms with Crippen molar-refractivity contribution in [3.8, 4) is 0 Å². The monoisotopic (exact) mass is 265 g/mol. The summed E-state index contributed by atoms with van der Waals surface area (Å²) in [6, 6.07) is -0.797. The molecule has 1 saturated heterocycles. The van der Waals surface area contributed by atoms with Crippen molar-refractivity contribution in [1.82, 2.24) is 5.32 Å². The average Bonchev–Trinajstić information content (AvgIpc) is 2.26. The van der Waals surface area contributed by atoms with Crippen LogP contribution in [0, 0.1) is 0 Å². The van der Waals surface area contributed by atoms with E-state index in [4.69, 9.17) is 9.84 Å². The van der Waals surface area contributed by atoms with Crippen molar-refractivity contribution < 1.29 is 35.1 Å². The Morgan fingerprint density at radius 2 is 2.06 bits per heavy atom. The molecule has 0 aromatic rings. The smallest absolute Gasteiger partial charge is 0.364 e. The lowest BCUT2D eigenvalue weighted by atomic mass is 9.89. The van der Waals surface area contributed by atoms with Gasteiger partial charge in [0.2, 0.25) is 0 Å². The van der Waals surface area contributed by atoms with E-state index in [1.54, 1.807) is 0 Å². The van der Waals surface area contributed by atoms with Crippen molar-refractivity contribution in [3.63, 3.8) is 0 Å². The Hall–Kier alpha value is -0.770. The molecular formula is C10H19NO7. The Bertz CT molecular complexity index is 311. The Morgan fingerprint density at radius 3 is 2.44 bits per heavy atom. The average molecular weight is 265 g/mol. The minimum Gasteiger partial charge on any atom is -0.477 e. The minimum absolute atomic E-state index is 0.531. The lowest BCUT2D eigenvalue weighted by Crippen LogP contribution is -2.65. The fraction of sp³-hybridized carbons (Fsp3) is 0.900. The largest absolute Gasteiger partial charge is 0.477 e. The number of aliphatic carboxylic acids is 1. The van der Waals surface area contributed by atoms with Gasteiger partial charge in [0.15, 0.2) is 0 Å². The molecule has 1 fully saturated rings. The van der Waals surface area contributed by atoms with Gasteiger partial charge in [0.05, 0.1) is 18.2 Å². The van der Waals surface area contributed by atoms with Crippen molar-refractivity contribution in [3.05, 3.63) is 0 Å². The summed E-state index contributed by atoms with van der Waals surface area (Å²) in [6.07, 6.45) is -5.66. The molecular weight excluding hydrogens is 246 g/mol. The van der Waals surface area contributed by atoms with Crippen LogP contribution in [0.4, 0.5) is 0 Å². The van der Waals surface area contributed by atoms with E-state index in [1.807, 2.05) is 0 Å². The molecule has 0 saturated carbocycles. The third kappa shape index (κ3) is 2.79. The molecule has 0 bridgehead atoms. The standard InChI is InChI=1S/C10H19NO7/c1-4(12)7(14)8-6(11-2)5(13)3-10(17,18-8)9(15)16/h4-8,11-14,17H,3H2,1-2H3,(H,15,16). The first-order chi connectivity index (χ1) is 8.23. The van der Waals surface area contributed by atoms with Crippen molar-refractivity contribution in [2.24, 2.45) is 0 Å². The number of nitrogens with one attached hydrogen (secondary N) is 1. The topological polar surface area (TPSA) is 139 Å². The summed E-state index contributed by atoms with van der Waals surface area (Å²) in [5.41, 5.74) is 0. The zero-order valence-electron chi connectivity index (χ0n) is 10.1. The summed E-state index contributed by atoms with van der Waals surface area (Å²) in [6.45, 7) is 1.29. The molecule has 6 unspecified atom stereocenters. The highest BCUT2D eigenvalue weighted by atomic mass is 16.7. The second-order valence-corrected chi connectivity index (χ2v) is 4.49. The van der Waals surface area contributed by atoms with E-state index in [0.29, 0.717) is 0 Å². The first kappa shape index (κ1) is 15.3. The first-order valence-electron chi connectivity index (χ1n) is 5.58. The highest BCUT2D eigenvalue weighted by molar-refractivity contribution is 5.75. The molecule has 1 aliphatic rings. The SMILES string of the molecule is CNC1C(O)CC(O)(C(=O)O)OC1C(O)C(C)O. The van der Waals surface area contributed by atoms with Crippen LogP contribution in [0.25, 0.3) is 0 Å². The van der Waals surface area contributed by atoms with Gasteiger partial charge in [-0.2, -0.15) is 0 Å². The molecule has 18 heavy (non-hydrogen) atoms. The second kappa shape index (κ2) is 5.47. The molecule has 106 valence electrons. The Balaban J connectivity index is 2.99. The summed E-state index contributed by atoms with van der Waals surface area (Å²) >= 11 is 0. The van der Waals surface area contributed by atoms with Crippen LogP contribution in [0.15, 0.2) is 0 Å². The molecule has 8 heteroatoms. The number of aliphatic hydroxyl groups is 4. The van der Waals surface area contributed by atoms with Crippen LogP contribution in [0.1, 0.15) is 13.3 Å². The molecule has 0 aromatic heterocycles. The molecule has 0 spiro atoms. The van der Waals surface area contributed by atoms with Crippen LogP contribution in [0.5, 0.6) is 0 Å². The van der Waals surface area contributed by atoms with Gasteiger partial charge in [-0.05, 0) is 14.0 Å². The second-order valence-electron chi connectivity index (χ2n) is 4.49. The van der Waals surface area contributed by atoms with Crippen molar-refractivity contribution in [2.75, 3.05) is 7.05 Å². The predicted octanol–water partition coefficient (Wildman–Crippen LogP) is -2.76. The Kier molecular flexibility index (Phi) is 4.65. The fourth-order valence-electron chi connectivity index (χ4n) is 2.03. The first-order valence-corrected chi connectivity index (χ1v) is 5.58.